The summed E-state index contributed by atoms with van der Waals surface area (Å²) in [6, 6.07) is -0.928. The molecule has 0 saturated heterocycles. The van der Waals surface area contributed by atoms with Gasteiger partial charge in [-0.05, 0) is 5.92 Å². The molecule has 3 N–H and O–H groups in total. The summed E-state index contributed by atoms with van der Waals surface area (Å²) in [6.45, 7) is 3.54. The van der Waals surface area contributed by atoms with Gasteiger partial charge in [0.25, 0.3) is 0 Å². The van der Waals surface area contributed by atoms with Gasteiger partial charge in [-0.15, -0.1) is 0 Å². The maximum atomic E-state index is 12.0. The van der Waals surface area contributed by atoms with E-state index in [4.69, 9.17) is 5.11 Å². The molecule has 2 amide bonds. The Morgan fingerprint density at radius 3 is 2.11 bits per heavy atom. The van der Waals surface area contributed by atoms with Crippen LogP contribution in [0.1, 0.15) is 20.8 Å². The standard InChI is InChI=1S/C10H17F3N2O3/c1-5(2)8(15-6(3)16)9(18)14-4-7(17)10(11,12)13/h5,7-8,17H,4H2,1-3H3,(H,14,18)(H,15,16). The number of carbonyl (C=O) groups excluding carboxylic acids is 2. The van der Waals surface area contributed by atoms with Crippen LogP contribution in [-0.2, 0) is 9.59 Å². The molecular weight excluding hydrogens is 253 g/mol. The van der Waals surface area contributed by atoms with Crippen molar-refractivity contribution >= 4 is 11.8 Å². The van der Waals surface area contributed by atoms with E-state index in [0.29, 0.717) is 0 Å². The van der Waals surface area contributed by atoms with E-state index in [1.54, 1.807) is 13.8 Å². The molecule has 5 nitrogen and oxygen atoms in total. The number of hydrogen-bond donors (Lipinski definition) is 3. The molecule has 0 bridgehead atoms. The van der Waals surface area contributed by atoms with E-state index >= 15 is 0 Å². The van der Waals surface area contributed by atoms with Crippen molar-refractivity contribution < 1.29 is 27.9 Å². The van der Waals surface area contributed by atoms with Gasteiger partial charge in [-0.3, -0.25) is 9.59 Å². The average molecular weight is 270 g/mol. The van der Waals surface area contributed by atoms with Gasteiger partial charge in [0, 0.05) is 6.92 Å². The smallest absolute Gasteiger partial charge is 0.382 e. The van der Waals surface area contributed by atoms with Crippen LogP contribution in [0.15, 0.2) is 0 Å². The maximum absolute atomic E-state index is 12.0. The van der Waals surface area contributed by atoms with Gasteiger partial charge in [-0.2, -0.15) is 13.2 Å². The minimum absolute atomic E-state index is 0.281. The van der Waals surface area contributed by atoms with Crippen molar-refractivity contribution in [2.75, 3.05) is 6.54 Å². The second kappa shape index (κ2) is 6.58. The van der Waals surface area contributed by atoms with E-state index in [1.807, 2.05) is 5.32 Å². The number of nitrogens with one attached hydrogen (secondary N) is 2. The zero-order chi connectivity index (χ0) is 14.5. The minimum Gasteiger partial charge on any atom is -0.382 e. The molecule has 0 saturated carbocycles. The first kappa shape index (κ1) is 16.7. The summed E-state index contributed by atoms with van der Waals surface area (Å²) in [5.74, 6) is -1.50. The Balaban J connectivity index is 4.40. The highest BCUT2D eigenvalue weighted by Crippen LogP contribution is 2.19. The van der Waals surface area contributed by atoms with Crippen molar-refractivity contribution in [3.8, 4) is 0 Å². The molecule has 0 heterocycles. The summed E-state index contributed by atoms with van der Waals surface area (Å²) in [7, 11) is 0. The first-order chi connectivity index (χ1) is 8.05. The number of alkyl halides is 3. The summed E-state index contributed by atoms with van der Waals surface area (Å²) in [5, 5.41) is 13.0. The third kappa shape index (κ3) is 5.85. The Morgan fingerprint density at radius 1 is 1.28 bits per heavy atom. The highest BCUT2D eigenvalue weighted by molar-refractivity contribution is 5.87. The van der Waals surface area contributed by atoms with Crippen LogP contribution in [0.4, 0.5) is 13.2 Å². The molecule has 0 fully saturated rings. The van der Waals surface area contributed by atoms with Crippen molar-refractivity contribution in [1.29, 1.82) is 0 Å². The van der Waals surface area contributed by atoms with Gasteiger partial charge < -0.3 is 15.7 Å². The Morgan fingerprint density at radius 2 is 1.78 bits per heavy atom. The molecule has 0 aliphatic rings. The SMILES string of the molecule is CC(=O)NC(C(=O)NCC(O)C(F)(F)F)C(C)C. The van der Waals surface area contributed by atoms with Gasteiger partial charge in [-0.25, -0.2) is 0 Å². The minimum atomic E-state index is -4.78. The Kier molecular flexibility index (Phi) is 6.10. The molecule has 0 aliphatic carbocycles. The van der Waals surface area contributed by atoms with Gasteiger partial charge in [0.2, 0.25) is 11.8 Å². The van der Waals surface area contributed by atoms with Crippen LogP contribution < -0.4 is 10.6 Å². The number of aliphatic hydroxyl groups excluding tert-OH is 1. The zero-order valence-corrected chi connectivity index (χ0v) is 10.3. The summed E-state index contributed by atoms with van der Waals surface area (Å²) >= 11 is 0. The van der Waals surface area contributed by atoms with Crippen LogP contribution >= 0.6 is 0 Å². The van der Waals surface area contributed by atoms with Crippen LogP contribution in [0.5, 0.6) is 0 Å². The van der Waals surface area contributed by atoms with Gasteiger partial charge in [0.1, 0.15) is 6.04 Å². The monoisotopic (exact) mass is 270 g/mol. The predicted molar refractivity (Wildman–Crippen MR) is 57.5 cm³/mol. The lowest BCUT2D eigenvalue weighted by atomic mass is 10.0. The van der Waals surface area contributed by atoms with E-state index in [-0.39, 0.29) is 5.92 Å². The Labute approximate surface area is 103 Å². The molecule has 2 unspecified atom stereocenters. The number of halogens is 3. The van der Waals surface area contributed by atoms with E-state index < -0.39 is 36.7 Å². The molecule has 0 spiro atoms. The first-order valence-corrected chi connectivity index (χ1v) is 5.35. The highest BCUT2D eigenvalue weighted by atomic mass is 19.4. The third-order valence-electron chi connectivity index (χ3n) is 2.16. The number of amides is 2. The second-order valence-electron chi connectivity index (χ2n) is 4.22. The van der Waals surface area contributed by atoms with Crippen LogP contribution in [0.2, 0.25) is 0 Å². The highest BCUT2D eigenvalue weighted by Gasteiger charge is 2.38. The fourth-order valence-electron chi connectivity index (χ4n) is 1.18. The van der Waals surface area contributed by atoms with Crippen LogP contribution in [-0.4, -0.2) is 41.8 Å². The van der Waals surface area contributed by atoms with Gasteiger partial charge in [0.15, 0.2) is 6.10 Å². The summed E-state index contributed by atoms with van der Waals surface area (Å²) in [6.07, 6.45) is -7.40. The fourth-order valence-corrected chi connectivity index (χ4v) is 1.18. The first-order valence-electron chi connectivity index (χ1n) is 5.35. The van der Waals surface area contributed by atoms with Crippen LogP contribution in [0.3, 0.4) is 0 Å². The predicted octanol–water partition coefficient (Wildman–Crippen LogP) is 0.186. The Hall–Kier alpha value is -1.31. The largest absolute Gasteiger partial charge is 0.416 e. The lowest BCUT2D eigenvalue weighted by Gasteiger charge is -2.22. The van der Waals surface area contributed by atoms with Crippen molar-refractivity contribution in [2.45, 2.75) is 39.1 Å². The van der Waals surface area contributed by atoms with Crippen LogP contribution in [0.25, 0.3) is 0 Å². The molecule has 8 heteroatoms. The average Bonchev–Trinajstić information content (AvgIpc) is 2.19. The molecular formula is C10H17F3N2O3. The molecule has 2 atom stereocenters. The van der Waals surface area contributed by atoms with E-state index in [1.165, 1.54) is 6.92 Å². The number of hydrogen-bond acceptors (Lipinski definition) is 3. The Bertz CT molecular complexity index is 305. The van der Waals surface area contributed by atoms with Crippen molar-refractivity contribution in [1.82, 2.24) is 10.6 Å². The number of carbonyl (C=O) groups is 2. The molecule has 0 rings (SSSR count). The number of rotatable bonds is 5. The van der Waals surface area contributed by atoms with Gasteiger partial charge >= 0.3 is 6.18 Å². The maximum Gasteiger partial charge on any atom is 0.416 e. The fraction of sp³-hybridized carbons (Fsp3) is 0.800. The molecule has 0 radical (unpaired) electrons. The van der Waals surface area contributed by atoms with Gasteiger partial charge in [0.05, 0.1) is 6.54 Å². The van der Waals surface area contributed by atoms with Crippen molar-refractivity contribution in [3.05, 3.63) is 0 Å². The van der Waals surface area contributed by atoms with E-state index in [0.717, 1.165) is 0 Å². The van der Waals surface area contributed by atoms with Crippen molar-refractivity contribution in [2.24, 2.45) is 5.92 Å². The van der Waals surface area contributed by atoms with E-state index in [9.17, 15) is 22.8 Å². The molecule has 0 aromatic carbocycles. The quantitative estimate of drug-likeness (QED) is 0.667. The zero-order valence-electron chi connectivity index (χ0n) is 10.3. The lowest BCUT2D eigenvalue weighted by Crippen LogP contribution is -2.51. The normalized spacial score (nSPS) is 15.1. The molecule has 106 valence electrons. The summed E-state index contributed by atoms with van der Waals surface area (Å²) < 4.78 is 36.0. The summed E-state index contributed by atoms with van der Waals surface area (Å²) in [5.41, 5.74) is 0. The number of aliphatic hydroxyl groups is 1. The third-order valence-corrected chi connectivity index (χ3v) is 2.16. The molecule has 0 aromatic heterocycles. The second-order valence-corrected chi connectivity index (χ2v) is 4.22. The lowest BCUT2D eigenvalue weighted by molar-refractivity contribution is -0.202. The molecule has 0 aromatic rings. The summed E-state index contributed by atoms with van der Waals surface area (Å²) in [4.78, 5) is 22.4. The topological polar surface area (TPSA) is 78.4 Å². The molecule has 18 heavy (non-hydrogen) atoms. The van der Waals surface area contributed by atoms with E-state index in [2.05, 4.69) is 5.32 Å². The van der Waals surface area contributed by atoms with Crippen molar-refractivity contribution in [3.63, 3.8) is 0 Å². The van der Waals surface area contributed by atoms with Crippen LogP contribution in [0, 0.1) is 5.92 Å². The molecule has 0 aliphatic heterocycles. The van der Waals surface area contributed by atoms with Gasteiger partial charge in [-0.1, -0.05) is 13.8 Å².